The maximum Gasteiger partial charge on any atom is 0.310 e. The van der Waals surface area contributed by atoms with Crippen molar-refractivity contribution in [1.29, 1.82) is 0 Å². The Morgan fingerprint density at radius 2 is 1.69 bits per heavy atom. The van der Waals surface area contributed by atoms with Crippen molar-refractivity contribution in [1.82, 2.24) is 4.90 Å². The minimum atomic E-state index is -0.0325. The zero-order valence-corrected chi connectivity index (χ0v) is 17.6. The van der Waals surface area contributed by atoms with E-state index in [4.69, 9.17) is 4.74 Å². The van der Waals surface area contributed by atoms with E-state index in [1.54, 1.807) is 0 Å². The summed E-state index contributed by atoms with van der Waals surface area (Å²) in [5, 5.41) is 0. The van der Waals surface area contributed by atoms with E-state index in [0.717, 1.165) is 45.3 Å². The van der Waals surface area contributed by atoms with Crippen molar-refractivity contribution in [2.75, 3.05) is 31.1 Å². The zero-order valence-electron chi connectivity index (χ0n) is 17.6. The van der Waals surface area contributed by atoms with E-state index in [9.17, 15) is 4.79 Å². The van der Waals surface area contributed by atoms with Crippen LogP contribution in [0.5, 0.6) is 0 Å². The average molecular weight is 393 g/mol. The lowest BCUT2D eigenvalue weighted by Gasteiger charge is -2.39. The topological polar surface area (TPSA) is 32.8 Å². The molecule has 0 aliphatic carbocycles. The molecule has 154 valence electrons. The molecule has 0 bridgehead atoms. The van der Waals surface area contributed by atoms with Crippen LogP contribution in [0.15, 0.2) is 48.5 Å². The molecule has 0 N–H and O–H groups in total. The van der Waals surface area contributed by atoms with Gasteiger partial charge in [-0.15, -0.1) is 0 Å². The molecule has 2 heterocycles. The highest BCUT2D eigenvalue weighted by Gasteiger charge is 2.31. The fraction of sp³-hybridized carbons (Fsp3) is 0.480. The largest absolute Gasteiger partial charge is 0.466 e. The standard InChI is InChI=1S/C25H32N2O2/c1-3-29-25(28)22-11-8-16-26(18-22)19(2)17-27-23-12-6-4-9-20(23)14-15-21-10-5-7-13-24(21)27/h4-7,9-10,12-13,19,22H,3,8,11,14-18H2,1-2H3/t19?,22-/m1/s1. The van der Waals surface area contributed by atoms with Crippen LogP contribution in [0.3, 0.4) is 0 Å². The van der Waals surface area contributed by atoms with Crippen LogP contribution in [0.25, 0.3) is 0 Å². The van der Waals surface area contributed by atoms with Gasteiger partial charge >= 0.3 is 5.97 Å². The van der Waals surface area contributed by atoms with E-state index in [0.29, 0.717) is 12.6 Å². The number of aryl methyl sites for hydroxylation is 2. The summed E-state index contributed by atoms with van der Waals surface area (Å²) in [5.41, 5.74) is 5.48. The number of piperidine rings is 1. The summed E-state index contributed by atoms with van der Waals surface area (Å²) in [5.74, 6) is -0.0234. The Balaban J connectivity index is 1.56. The van der Waals surface area contributed by atoms with Gasteiger partial charge in [-0.1, -0.05) is 36.4 Å². The average Bonchev–Trinajstić information content (AvgIpc) is 2.91. The van der Waals surface area contributed by atoms with E-state index in [1.807, 2.05) is 6.92 Å². The molecule has 4 nitrogen and oxygen atoms in total. The molecule has 1 unspecified atom stereocenters. The lowest BCUT2D eigenvalue weighted by molar-refractivity contribution is -0.150. The number of nitrogens with zero attached hydrogens (tertiary/aromatic N) is 2. The van der Waals surface area contributed by atoms with Gasteiger partial charge < -0.3 is 9.64 Å². The van der Waals surface area contributed by atoms with Crippen LogP contribution in [0, 0.1) is 5.92 Å². The number of esters is 1. The Bertz CT molecular complexity index is 803. The molecule has 1 fully saturated rings. The highest BCUT2D eigenvalue weighted by atomic mass is 16.5. The predicted molar refractivity (Wildman–Crippen MR) is 118 cm³/mol. The van der Waals surface area contributed by atoms with Crippen LogP contribution in [0.2, 0.25) is 0 Å². The minimum absolute atomic E-state index is 0.00913. The molecule has 2 aliphatic heterocycles. The Labute approximate surface area is 174 Å². The smallest absolute Gasteiger partial charge is 0.310 e. The molecule has 2 aliphatic rings. The lowest BCUT2D eigenvalue weighted by atomic mass is 9.96. The third kappa shape index (κ3) is 4.32. The van der Waals surface area contributed by atoms with Crippen molar-refractivity contribution in [3.63, 3.8) is 0 Å². The van der Waals surface area contributed by atoms with E-state index >= 15 is 0 Å². The van der Waals surface area contributed by atoms with Gasteiger partial charge in [-0.2, -0.15) is 0 Å². The Morgan fingerprint density at radius 3 is 2.31 bits per heavy atom. The summed E-state index contributed by atoms with van der Waals surface area (Å²) in [4.78, 5) is 17.2. The van der Waals surface area contributed by atoms with E-state index in [-0.39, 0.29) is 11.9 Å². The first-order valence-electron chi connectivity index (χ1n) is 11.0. The summed E-state index contributed by atoms with van der Waals surface area (Å²) in [7, 11) is 0. The number of para-hydroxylation sites is 2. The van der Waals surface area contributed by atoms with E-state index in [2.05, 4.69) is 65.3 Å². The summed E-state index contributed by atoms with van der Waals surface area (Å²) in [6, 6.07) is 17.9. The second kappa shape index (κ2) is 9.00. The second-order valence-corrected chi connectivity index (χ2v) is 8.30. The molecule has 0 saturated carbocycles. The van der Waals surface area contributed by atoms with Crippen LogP contribution >= 0.6 is 0 Å². The first-order valence-corrected chi connectivity index (χ1v) is 11.0. The molecule has 0 radical (unpaired) electrons. The molecule has 0 aromatic heterocycles. The number of ether oxygens (including phenoxy) is 1. The summed E-state index contributed by atoms with van der Waals surface area (Å²) >= 11 is 0. The van der Waals surface area contributed by atoms with Crippen molar-refractivity contribution in [2.45, 2.75) is 45.6 Å². The third-order valence-electron chi connectivity index (χ3n) is 6.37. The number of rotatable bonds is 5. The van der Waals surface area contributed by atoms with Crippen LogP contribution in [0.1, 0.15) is 37.8 Å². The molecule has 1 saturated heterocycles. The Hall–Kier alpha value is -2.33. The molecule has 2 aromatic rings. The monoisotopic (exact) mass is 392 g/mol. The van der Waals surface area contributed by atoms with Crippen LogP contribution in [0.4, 0.5) is 11.4 Å². The molecule has 4 heteroatoms. The van der Waals surface area contributed by atoms with Gasteiger partial charge in [-0.25, -0.2) is 0 Å². The molecule has 4 rings (SSSR count). The molecule has 2 aromatic carbocycles. The van der Waals surface area contributed by atoms with Crippen LogP contribution in [-0.2, 0) is 22.4 Å². The van der Waals surface area contributed by atoms with Crippen LogP contribution in [-0.4, -0.2) is 43.2 Å². The number of fused-ring (bicyclic) bond motifs is 2. The molecule has 0 spiro atoms. The summed E-state index contributed by atoms with van der Waals surface area (Å²) in [6.07, 6.45) is 4.15. The van der Waals surface area contributed by atoms with E-state index in [1.165, 1.54) is 22.5 Å². The van der Waals surface area contributed by atoms with Gasteiger partial charge in [0.1, 0.15) is 0 Å². The maximum atomic E-state index is 12.3. The predicted octanol–water partition coefficient (Wildman–Crippen LogP) is 4.59. The van der Waals surface area contributed by atoms with Gasteiger partial charge in [0.05, 0.1) is 12.5 Å². The number of carbonyl (C=O) groups excluding carboxylic acids is 1. The normalized spacial score (nSPS) is 20.3. The fourth-order valence-corrected chi connectivity index (χ4v) is 4.81. The summed E-state index contributed by atoms with van der Waals surface area (Å²) < 4.78 is 5.29. The van der Waals surface area contributed by atoms with Crippen LogP contribution < -0.4 is 4.90 Å². The number of benzene rings is 2. The van der Waals surface area contributed by atoms with Gasteiger partial charge in [0.2, 0.25) is 0 Å². The molecule has 29 heavy (non-hydrogen) atoms. The first-order chi connectivity index (χ1) is 14.2. The highest BCUT2D eigenvalue weighted by Crippen LogP contribution is 2.36. The summed E-state index contributed by atoms with van der Waals surface area (Å²) in [6.45, 7) is 7.42. The second-order valence-electron chi connectivity index (χ2n) is 8.30. The number of hydrogen-bond donors (Lipinski definition) is 0. The van der Waals surface area contributed by atoms with Gasteiger partial charge in [0, 0.05) is 30.5 Å². The quantitative estimate of drug-likeness (QED) is 0.697. The van der Waals surface area contributed by atoms with Gasteiger partial charge in [-0.3, -0.25) is 9.69 Å². The van der Waals surface area contributed by atoms with Gasteiger partial charge in [0.25, 0.3) is 0 Å². The zero-order chi connectivity index (χ0) is 20.2. The number of carbonyl (C=O) groups is 1. The SMILES string of the molecule is CCOC(=O)[C@@H]1CCCN(C(C)CN2c3ccccc3CCc3ccccc32)C1. The molecule has 0 amide bonds. The lowest BCUT2D eigenvalue weighted by Crippen LogP contribution is -2.47. The molecular formula is C25H32N2O2. The maximum absolute atomic E-state index is 12.3. The number of hydrogen-bond acceptors (Lipinski definition) is 4. The number of anilines is 2. The Morgan fingerprint density at radius 1 is 1.07 bits per heavy atom. The Kier molecular flexibility index (Phi) is 6.19. The van der Waals surface area contributed by atoms with Crippen molar-refractivity contribution in [3.05, 3.63) is 59.7 Å². The minimum Gasteiger partial charge on any atom is -0.466 e. The number of likely N-dealkylation sites (tertiary alicyclic amines) is 1. The van der Waals surface area contributed by atoms with Gasteiger partial charge in [0.15, 0.2) is 0 Å². The first kappa shape index (κ1) is 20.0. The van der Waals surface area contributed by atoms with Crippen molar-refractivity contribution >= 4 is 17.3 Å². The third-order valence-corrected chi connectivity index (χ3v) is 6.37. The highest BCUT2D eigenvalue weighted by molar-refractivity contribution is 5.73. The van der Waals surface area contributed by atoms with Crippen molar-refractivity contribution in [3.8, 4) is 0 Å². The van der Waals surface area contributed by atoms with Crippen molar-refractivity contribution < 1.29 is 9.53 Å². The van der Waals surface area contributed by atoms with Gasteiger partial charge in [-0.05, 0) is 69.3 Å². The van der Waals surface area contributed by atoms with Crippen molar-refractivity contribution in [2.24, 2.45) is 5.92 Å². The molecule has 2 atom stereocenters. The van der Waals surface area contributed by atoms with E-state index < -0.39 is 0 Å². The molecular weight excluding hydrogens is 360 g/mol. The fourth-order valence-electron chi connectivity index (χ4n) is 4.81.